The molecule has 0 spiro atoms. The number of hydrogen-bond acceptors (Lipinski definition) is 3. The molecule has 0 amide bonds. The first-order valence-corrected chi connectivity index (χ1v) is 7.80. The highest BCUT2D eigenvalue weighted by Crippen LogP contribution is 2.28. The van der Waals surface area contributed by atoms with E-state index in [1.807, 2.05) is 12.1 Å². The number of nitrogens with two attached hydrogens (primary N) is 1. The third kappa shape index (κ3) is 3.49. The number of ether oxygens (including phenoxy) is 1. The maximum absolute atomic E-state index is 5.92. The molecule has 0 bridgehead atoms. The van der Waals surface area contributed by atoms with Crippen molar-refractivity contribution in [2.75, 3.05) is 24.6 Å². The number of rotatable bonds is 5. The molecule has 1 saturated heterocycles. The molecule has 3 nitrogen and oxygen atoms in total. The number of aryl methyl sites for hydroxylation is 1. The minimum Gasteiger partial charge on any atom is -0.389 e. The van der Waals surface area contributed by atoms with Gasteiger partial charge in [-0.15, -0.1) is 0 Å². The third-order valence-electron chi connectivity index (χ3n) is 3.76. The van der Waals surface area contributed by atoms with E-state index in [2.05, 4.69) is 24.8 Å². The van der Waals surface area contributed by atoms with E-state index in [0.29, 0.717) is 11.1 Å². The second-order valence-electron chi connectivity index (χ2n) is 5.42. The van der Waals surface area contributed by atoms with Crippen molar-refractivity contribution >= 4 is 22.9 Å². The number of piperidine rings is 1. The van der Waals surface area contributed by atoms with Gasteiger partial charge in [0.2, 0.25) is 0 Å². The van der Waals surface area contributed by atoms with Crippen molar-refractivity contribution in [3.63, 3.8) is 0 Å². The summed E-state index contributed by atoms with van der Waals surface area (Å²) in [5, 5.41) is 0. The van der Waals surface area contributed by atoms with Crippen LogP contribution in [0.15, 0.2) is 18.2 Å². The molecule has 1 aromatic carbocycles. The van der Waals surface area contributed by atoms with E-state index in [4.69, 9.17) is 22.7 Å². The van der Waals surface area contributed by atoms with Gasteiger partial charge < -0.3 is 15.4 Å². The quantitative estimate of drug-likeness (QED) is 0.847. The number of anilines is 1. The van der Waals surface area contributed by atoms with Gasteiger partial charge in [-0.3, -0.25) is 0 Å². The number of benzene rings is 1. The maximum atomic E-state index is 5.92. The Hall–Kier alpha value is -1.13. The van der Waals surface area contributed by atoms with Gasteiger partial charge in [-0.05, 0) is 37.8 Å². The standard InChI is InChI=1S/C16H24N2OS/c1-3-10-19-13-7-5-9-18(11-13)15-12(2)6-4-8-14(15)16(17)20/h4,6,8,13H,3,5,7,9-11H2,1-2H3,(H2,17,20). The van der Waals surface area contributed by atoms with Crippen molar-refractivity contribution in [2.45, 2.75) is 39.2 Å². The van der Waals surface area contributed by atoms with E-state index in [0.717, 1.165) is 44.5 Å². The molecule has 110 valence electrons. The molecule has 0 radical (unpaired) electrons. The summed E-state index contributed by atoms with van der Waals surface area (Å²) >= 11 is 5.20. The second-order valence-corrected chi connectivity index (χ2v) is 5.86. The zero-order valence-electron chi connectivity index (χ0n) is 12.4. The van der Waals surface area contributed by atoms with Crippen LogP contribution >= 0.6 is 12.2 Å². The maximum Gasteiger partial charge on any atom is 0.106 e. The van der Waals surface area contributed by atoms with E-state index in [-0.39, 0.29) is 0 Å². The summed E-state index contributed by atoms with van der Waals surface area (Å²) < 4.78 is 5.92. The van der Waals surface area contributed by atoms with Crippen molar-refractivity contribution in [3.8, 4) is 0 Å². The fourth-order valence-corrected chi connectivity index (χ4v) is 3.00. The lowest BCUT2D eigenvalue weighted by Gasteiger charge is -2.36. The van der Waals surface area contributed by atoms with Gasteiger partial charge in [-0.25, -0.2) is 0 Å². The molecule has 1 fully saturated rings. The van der Waals surface area contributed by atoms with Gasteiger partial charge in [0.15, 0.2) is 0 Å². The first-order valence-electron chi connectivity index (χ1n) is 7.39. The number of para-hydroxylation sites is 1. The molecule has 0 aliphatic carbocycles. The van der Waals surface area contributed by atoms with E-state index in [1.165, 1.54) is 11.3 Å². The number of nitrogens with zero attached hydrogens (tertiary/aromatic N) is 1. The molecule has 2 N–H and O–H groups in total. The highest BCUT2D eigenvalue weighted by molar-refractivity contribution is 7.80. The first-order chi connectivity index (χ1) is 9.63. The van der Waals surface area contributed by atoms with E-state index in [1.54, 1.807) is 0 Å². The normalized spacial score (nSPS) is 19.1. The van der Waals surface area contributed by atoms with Crippen LogP contribution in [0.1, 0.15) is 37.3 Å². The molecule has 4 heteroatoms. The van der Waals surface area contributed by atoms with Crippen molar-refractivity contribution < 1.29 is 4.74 Å². The summed E-state index contributed by atoms with van der Waals surface area (Å²) in [6.45, 7) is 7.09. The predicted octanol–water partition coefficient (Wildman–Crippen LogP) is 3.02. The third-order valence-corrected chi connectivity index (χ3v) is 3.98. The zero-order chi connectivity index (χ0) is 14.5. The van der Waals surface area contributed by atoms with Gasteiger partial charge in [-0.2, -0.15) is 0 Å². The summed E-state index contributed by atoms with van der Waals surface area (Å²) in [5.74, 6) is 0. The summed E-state index contributed by atoms with van der Waals surface area (Å²) in [4.78, 5) is 2.86. The molecule has 1 atom stereocenters. The van der Waals surface area contributed by atoms with Crippen LogP contribution in [-0.2, 0) is 4.74 Å². The Balaban J connectivity index is 2.20. The van der Waals surface area contributed by atoms with E-state index < -0.39 is 0 Å². The minimum atomic E-state index is 0.322. The Kier molecular flexibility index (Phi) is 5.38. The molecule has 1 unspecified atom stereocenters. The highest BCUT2D eigenvalue weighted by Gasteiger charge is 2.23. The first kappa shape index (κ1) is 15.3. The summed E-state index contributed by atoms with van der Waals surface area (Å²) in [7, 11) is 0. The van der Waals surface area contributed by atoms with Gasteiger partial charge in [0.25, 0.3) is 0 Å². The van der Waals surface area contributed by atoms with Crippen molar-refractivity contribution in [1.82, 2.24) is 0 Å². The van der Waals surface area contributed by atoms with Crippen LogP contribution in [0.2, 0.25) is 0 Å². The van der Waals surface area contributed by atoms with Gasteiger partial charge in [0.1, 0.15) is 4.99 Å². The van der Waals surface area contributed by atoms with E-state index in [9.17, 15) is 0 Å². The van der Waals surface area contributed by atoms with Crippen molar-refractivity contribution in [2.24, 2.45) is 5.73 Å². The monoisotopic (exact) mass is 292 g/mol. The molecule has 1 aliphatic heterocycles. The molecule has 1 aromatic rings. The van der Waals surface area contributed by atoms with Crippen molar-refractivity contribution in [1.29, 1.82) is 0 Å². The largest absolute Gasteiger partial charge is 0.389 e. The topological polar surface area (TPSA) is 38.5 Å². The predicted molar refractivity (Wildman–Crippen MR) is 88.5 cm³/mol. The lowest BCUT2D eigenvalue weighted by molar-refractivity contribution is 0.0440. The highest BCUT2D eigenvalue weighted by atomic mass is 32.1. The number of thiocarbonyl (C=S) groups is 1. The summed E-state index contributed by atoms with van der Waals surface area (Å²) in [6.07, 6.45) is 3.69. The fourth-order valence-electron chi connectivity index (χ4n) is 2.84. The average molecular weight is 292 g/mol. The van der Waals surface area contributed by atoms with Gasteiger partial charge >= 0.3 is 0 Å². The molecule has 0 saturated carbocycles. The summed E-state index contributed by atoms with van der Waals surface area (Å²) in [6, 6.07) is 6.15. The van der Waals surface area contributed by atoms with Crippen LogP contribution < -0.4 is 10.6 Å². The van der Waals surface area contributed by atoms with Crippen LogP contribution in [0.3, 0.4) is 0 Å². The van der Waals surface area contributed by atoms with Crippen LogP contribution in [0, 0.1) is 6.92 Å². The number of hydrogen-bond donors (Lipinski definition) is 1. The molecule has 1 heterocycles. The average Bonchev–Trinajstić information content (AvgIpc) is 2.45. The summed E-state index contributed by atoms with van der Waals surface area (Å²) in [5.41, 5.74) is 9.27. The molecule has 0 aromatic heterocycles. The van der Waals surface area contributed by atoms with Crippen LogP contribution in [0.25, 0.3) is 0 Å². The Morgan fingerprint density at radius 1 is 1.50 bits per heavy atom. The second kappa shape index (κ2) is 7.04. The Labute approximate surface area is 127 Å². The SMILES string of the molecule is CCCOC1CCCN(c2c(C)cccc2C(N)=S)C1. The van der Waals surface area contributed by atoms with E-state index >= 15 is 0 Å². The Morgan fingerprint density at radius 3 is 3.00 bits per heavy atom. The Bertz CT molecular complexity index is 476. The van der Waals surface area contributed by atoms with Crippen LogP contribution in [0.4, 0.5) is 5.69 Å². The molecule has 1 aliphatic rings. The fraction of sp³-hybridized carbons (Fsp3) is 0.562. The van der Waals surface area contributed by atoms with Crippen LogP contribution in [-0.4, -0.2) is 30.8 Å². The van der Waals surface area contributed by atoms with Crippen LogP contribution in [0.5, 0.6) is 0 Å². The van der Waals surface area contributed by atoms with Gasteiger partial charge in [0, 0.05) is 30.9 Å². The smallest absolute Gasteiger partial charge is 0.106 e. The van der Waals surface area contributed by atoms with Gasteiger partial charge in [0.05, 0.1) is 6.10 Å². The molecule has 20 heavy (non-hydrogen) atoms. The zero-order valence-corrected chi connectivity index (χ0v) is 13.2. The molecule has 2 rings (SSSR count). The Morgan fingerprint density at radius 2 is 2.30 bits per heavy atom. The minimum absolute atomic E-state index is 0.322. The molecular weight excluding hydrogens is 268 g/mol. The lowest BCUT2D eigenvalue weighted by Crippen LogP contribution is -2.41. The lowest BCUT2D eigenvalue weighted by atomic mass is 10.0. The van der Waals surface area contributed by atoms with Crippen molar-refractivity contribution in [3.05, 3.63) is 29.3 Å². The van der Waals surface area contributed by atoms with Gasteiger partial charge in [-0.1, -0.05) is 31.3 Å². The molecular formula is C16H24N2OS.